The molecule has 2 aromatic rings. The number of aromatic carboxylic acids is 1. The second kappa shape index (κ2) is 9.83. The summed E-state index contributed by atoms with van der Waals surface area (Å²) in [6.45, 7) is 0. The number of sulfone groups is 2. The average Bonchev–Trinajstić information content (AvgIpc) is 2.59. The van der Waals surface area contributed by atoms with Gasteiger partial charge in [-0.05, 0) is 36.4 Å². The molecule has 29 heavy (non-hydrogen) atoms. The van der Waals surface area contributed by atoms with Crippen LogP contribution >= 0.6 is 31.9 Å². The van der Waals surface area contributed by atoms with Gasteiger partial charge in [0, 0.05) is 21.5 Å². The van der Waals surface area contributed by atoms with Gasteiger partial charge in [0.05, 0.1) is 28.0 Å². The van der Waals surface area contributed by atoms with Crippen molar-refractivity contribution in [1.82, 2.24) is 0 Å². The first-order chi connectivity index (χ1) is 13.2. The van der Waals surface area contributed by atoms with Crippen molar-refractivity contribution in [2.75, 3.05) is 19.6 Å². The molecule has 0 heterocycles. The molecule has 0 radical (unpaired) electrons. The highest BCUT2D eigenvalue weighted by Crippen LogP contribution is 2.22. The molecule has 8 nitrogen and oxygen atoms in total. The van der Waals surface area contributed by atoms with Crippen LogP contribution in [0.2, 0.25) is 0 Å². The number of benzene rings is 2. The van der Waals surface area contributed by atoms with Crippen LogP contribution in [0, 0.1) is 0 Å². The summed E-state index contributed by atoms with van der Waals surface area (Å²) in [7, 11) is -5.75. The topological polar surface area (TPSA) is 132 Å². The van der Waals surface area contributed by atoms with E-state index in [-0.39, 0.29) is 20.9 Å². The minimum atomic E-state index is -3.51. The SMILES string of the molecule is COC(=O)c1ccc(Br)cc1S(C)(=O)=O.CS(=O)(=O)c1cc(Br)ccc1C(=O)O. The summed E-state index contributed by atoms with van der Waals surface area (Å²) in [6.07, 6.45) is 2.02. The number of carboxylic acids is 1. The normalized spacial score (nSPS) is 11.2. The largest absolute Gasteiger partial charge is 0.478 e. The zero-order valence-electron chi connectivity index (χ0n) is 15.3. The van der Waals surface area contributed by atoms with Crippen molar-refractivity contribution in [3.8, 4) is 0 Å². The Morgan fingerprint density at radius 2 is 1.21 bits per heavy atom. The number of hydrogen-bond acceptors (Lipinski definition) is 7. The Morgan fingerprint density at radius 3 is 1.55 bits per heavy atom. The highest BCUT2D eigenvalue weighted by molar-refractivity contribution is 9.10. The number of ether oxygens (including phenoxy) is 1. The van der Waals surface area contributed by atoms with E-state index in [0.717, 1.165) is 12.5 Å². The molecule has 0 unspecified atom stereocenters. The average molecular weight is 572 g/mol. The van der Waals surface area contributed by atoms with Crippen LogP contribution in [0.4, 0.5) is 0 Å². The molecule has 12 heteroatoms. The molecule has 0 atom stereocenters. The van der Waals surface area contributed by atoms with Crippen molar-refractivity contribution in [2.45, 2.75) is 9.79 Å². The summed E-state index contributed by atoms with van der Waals surface area (Å²) >= 11 is 6.22. The van der Waals surface area contributed by atoms with E-state index in [9.17, 15) is 26.4 Å². The van der Waals surface area contributed by atoms with Gasteiger partial charge in [-0.2, -0.15) is 0 Å². The van der Waals surface area contributed by atoms with Gasteiger partial charge in [0.25, 0.3) is 0 Å². The van der Waals surface area contributed by atoms with Crippen LogP contribution in [-0.4, -0.2) is 53.5 Å². The Kier molecular flexibility index (Phi) is 8.57. The van der Waals surface area contributed by atoms with Crippen LogP contribution in [0.25, 0.3) is 0 Å². The molecule has 2 aromatic carbocycles. The van der Waals surface area contributed by atoms with E-state index < -0.39 is 31.6 Å². The van der Waals surface area contributed by atoms with Crippen molar-refractivity contribution in [3.63, 3.8) is 0 Å². The molecule has 0 fully saturated rings. The number of hydrogen-bond donors (Lipinski definition) is 1. The van der Waals surface area contributed by atoms with E-state index in [2.05, 4.69) is 36.6 Å². The van der Waals surface area contributed by atoms with Crippen molar-refractivity contribution in [3.05, 3.63) is 56.5 Å². The molecule has 0 spiro atoms. The molecule has 0 aromatic heterocycles. The molecular formula is C17H16Br2O8S2. The molecule has 0 aliphatic heterocycles. The number of carbonyl (C=O) groups excluding carboxylic acids is 1. The van der Waals surface area contributed by atoms with Gasteiger partial charge in [0.15, 0.2) is 19.7 Å². The first-order valence-corrected chi connectivity index (χ1v) is 12.9. The molecule has 2 rings (SSSR count). The van der Waals surface area contributed by atoms with Crippen LogP contribution in [-0.2, 0) is 24.4 Å². The Bertz CT molecular complexity index is 1160. The summed E-state index contributed by atoms with van der Waals surface area (Å²) in [4.78, 5) is 21.8. The molecule has 158 valence electrons. The lowest BCUT2D eigenvalue weighted by atomic mass is 10.2. The van der Waals surface area contributed by atoms with Gasteiger partial charge in [0.1, 0.15) is 0 Å². The fraction of sp³-hybridized carbons (Fsp3) is 0.176. The first kappa shape index (κ1) is 25.3. The third kappa shape index (κ3) is 7.21. The lowest BCUT2D eigenvalue weighted by molar-refractivity contribution is 0.0595. The Balaban J connectivity index is 0.000000291. The van der Waals surface area contributed by atoms with E-state index in [1.165, 1.54) is 37.4 Å². The number of esters is 1. The maximum absolute atomic E-state index is 11.4. The molecule has 0 saturated carbocycles. The maximum Gasteiger partial charge on any atom is 0.339 e. The number of rotatable bonds is 4. The summed E-state index contributed by atoms with van der Waals surface area (Å²) in [5, 5.41) is 8.74. The summed E-state index contributed by atoms with van der Waals surface area (Å²) in [5.41, 5.74) is -0.168. The Hall–Kier alpha value is -1.76. The fourth-order valence-electron chi connectivity index (χ4n) is 2.06. The first-order valence-electron chi connectivity index (χ1n) is 7.49. The van der Waals surface area contributed by atoms with Crippen LogP contribution in [0.1, 0.15) is 20.7 Å². The second-order valence-corrected chi connectivity index (χ2v) is 11.4. The second-order valence-electron chi connectivity index (χ2n) is 5.62. The molecule has 0 aliphatic carbocycles. The van der Waals surface area contributed by atoms with Crippen molar-refractivity contribution < 1.29 is 36.3 Å². The van der Waals surface area contributed by atoms with E-state index in [4.69, 9.17) is 5.11 Å². The lowest BCUT2D eigenvalue weighted by Crippen LogP contribution is -2.09. The maximum atomic E-state index is 11.4. The minimum Gasteiger partial charge on any atom is -0.478 e. The Labute approximate surface area is 185 Å². The van der Waals surface area contributed by atoms with E-state index >= 15 is 0 Å². The van der Waals surface area contributed by atoms with E-state index in [1.54, 1.807) is 6.07 Å². The van der Waals surface area contributed by atoms with E-state index in [1.807, 2.05) is 0 Å². The lowest BCUT2D eigenvalue weighted by Gasteiger charge is -2.06. The number of halogens is 2. The monoisotopic (exact) mass is 570 g/mol. The third-order valence-electron chi connectivity index (χ3n) is 3.32. The van der Waals surface area contributed by atoms with Gasteiger partial charge < -0.3 is 9.84 Å². The van der Waals surface area contributed by atoms with Gasteiger partial charge in [-0.15, -0.1) is 0 Å². The molecule has 0 aliphatic rings. The zero-order valence-corrected chi connectivity index (χ0v) is 20.1. The van der Waals surface area contributed by atoms with Crippen molar-refractivity contribution >= 4 is 63.5 Å². The third-order valence-corrected chi connectivity index (χ3v) is 6.58. The summed E-state index contributed by atoms with van der Waals surface area (Å²) in [6, 6.07) is 8.38. The predicted molar refractivity (Wildman–Crippen MR) is 113 cm³/mol. The predicted octanol–water partition coefficient (Wildman–Crippen LogP) is 3.19. The molecule has 0 bridgehead atoms. The van der Waals surface area contributed by atoms with Crippen LogP contribution in [0.5, 0.6) is 0 Å². The van der Waals surface area contributed by atoms with Crippen LogP contribution in [0.15, 0.2) is 55.1 Å². The molecule has 0 saturated heterocycles. The highest BCUT2D eigenvalue weighted by Gasteiger charge is 2.19. The molecule has 1 N–H and O–H groups in total. The number of methoxy groups -OCH3 is 1. The smallest absolute Gasteiger partial charge is 0.339 e. The van der Waals surface area contributed by atoms with Gasteiger partial charge in [-0.25, -0.2) is 26.4 Å². The van der Waals surface area contributed by atoms with Gasteiger partial charge >= 0.3 is 11.9 Å². The Morgan fingerprint density at radius 1 is 0.828 bits per heavy atom. The van der Waals surface area contributed by atoms with Gasteiger partial charge in [-0.3, -0.25) is 0 Å². The van der Waals surface area contributed by atoms with E-state index in [0.29, 0.717) is 8.95 Å². The van der Waals surface area contributed by atoms with Crippen LogP contribution in [0.3, 0.4) is 0 Å². The van der Waals surface area contributed by atoms with Gasteiger partial charge in [0.2, 0.25) is 0 Å². The molecular weight excluding hydrogens is 556 g/mol. The minimum absolute atomic E-state index is 0.0382. The molecule has 0 amide bonds. The quantitative estimate of drug-likeness (QED) is 0.553. The van der Waals surface area contributed by atoms with Gasteiger partial charge in [-0.1, -0.05) is 31.9 Å². The summed E-state index contributed by atoms with van der Waals surface area (Å²) in [5.74, 6) is -1.92. The van der Waals surface area contributed by atoms with Crippen LogP contribution < -0.4 is 0 Å². The fourth-order valence-corrected chi connectivity index (χ4v) is 4.87. The standard InChI is InChI=1S/C9H9BrO4S.C8H7BrO4S/c1-14-9(11)7-4-3-6(10)5-8(7)15(2,12)13;1-14(12,13)7-4-5(9)2-3-6(7)8(10)11/h3-5H,1-2H3;2-4H,1H3,(H,10,11). The van der Waals surface area contributed by atoms with Crippen molar-refractivity contribution in [1.29, 1.82) is 0 Å². The summed E-state index contributed by atoms with van der Waals surface area (Å²) < 4.78 is 50.9. The number of carboxylic acid groups (broad SMARTS) is 1. The highest BCUT2D eigenvalue weighted by atomic mass is 79.9. The number of carbonyl (C=O) groups is 2. The zero-order chi connectivity index (χ0) is 22.6. The van der Waals surface area contributed by atoms with Crippen molar-refractivity contribution in [2.24, 2.45) is 0 Å².